The number of hydrogen-bond donors (Lipinski definition) is 2. The zero-order valence-corrected chi connectivity index (χ0v) is 8.01. The minimum atomic E-state index is 0.721. The van der Waals surface area contributed by atoms with E-state index in [0.717, 1.165) is 25.1 Å². The SMILES string of the molecule is C=C/C(C)=C\N(CCCN)NC. The largest absolute Gasteiger partial charge is 0.330 e. The average molecular weight is 169 g/mol. The maximum absolute atomic E-state index is 5.40. The number of hydrazine groups is 1. The smallest absolute Gasteiger partial charge is 0.0349 e. The molecule has 70 valence electrons. The van der Waals surface area contributed by atoms with E-state index in [1.54, 1.807) is 0 Å². The summed E-state index contributed by atoms with van der Waals surface area (Å²) in [4.78, 5) is 0. The molecule has 0 aliphatic carbocycles. The van der Waals surface area contributed by atoms with Gasteiger partial charge in [0, 0.05) is 19.8 Å². The molecule has 0 bridgehead atoms. The van der Waals surface area contributed by atoms with Crippen LogP contribution in [-0.4, -0.2) is 25.1 Å². The topological polar surface area (TPSA) is 41.3 Å². The highest BCUT2D eigenvalue weighted by atomic mass is 15.5. The van der Waals surface area contributed by atoms with Crippen LogP contribution in [-0.2, 0) is 0 Å². The molecule has 0 aromatic heterocycles. The predicted octanol–water partition coefficient (Wildman–Crippen LogP) is 0.861. The Kier molecular flexibility index (Phi) is 6.42. The maximum Gasteiger partial charge on any atom is 0.0349 e. The van der Waals surface area contributed by atoms with Crippen molar-refractivity contribution < 1.29 is 0 Å². The molecule has 12 heavy (non-hydrogen) atoms. The number of nitrogens with one attached hydrogen (secondary N) is 1. The van der Waals surface area contributed by atoms with Crippen molar-refractivity contribution in [2.75, 3.05) is 20.1 Å². The molecule has 0 saturated heterocycles. The van der Waals surface area contributed by atoms with E-state index in [9.17, 15) is 0 Å². The summed E-state index contributed by atoms with van der Waals surface area (Å²) in [6, 6.07) is 0. The Labute approximate surface area is 74.9 Å². The molecule has 0 unspecified atom stereocenters. The molecule has 0 aromatic rings. The molecule has 3 N–H and O–H groups in total. The zero-order chi connectivity index (χ0) is 9.40. The van der Waals surface area contributed by atoms with E-state index >= 15 is 0 Å². The average Bonchev–Trinajstić information content (AvgIpc) is 2.11. The number of allylic oxidation sites excluding steroid dienone is 2. The van der Waals surface area contributed by atoms with Crippen molar-refractivity contribution in [3.8, 4) is 0 Å². The Morgan fingerprint density at radius 1 is 1.67 bits per heavy atom. The van der Waals surface area contributed by atoms with Crippen LogP contribution in [0, 0.1) is 0 Å². The number of nitrogens with zero attached hydrogens (tertiary/aromatic N) is 1. The third-order valence-corrected chi connectivity index (χ3v) is 1.57. The molecular formula is C9H19N3. The van der Waals surface area contributed by atoms with Crippen molar-refractivity contribution in [2.45, 2.75) is 13.3 Å². The van der Waals surface area contributed by atoms with E-state index in [-0.39, 0.29) is 0 Å². The Hall–Kier alpha value is -0.800. The quantitative estimate of drug-likeness (QED) is 0.458. The molecule has 0 aliphatic heterocycles. The molecule has 0 spiro atoms. The molecule has 0 aromatic carbocycles. The summed E-state index contributed by atoms with van der Waals surface area (Å²) < 4.78 is 0. The van der Waals surface area contributed by atoms with E-state index in [4.69, 9.17) is 5.73 Å². The fourth-order valence-corrected chi connectivity index (χ4v) is 0.801. The molecule has 0 atom stereocenters. The van der Waals surface area contributed by atoms with Crippen LogP contribution in [0.2, 0.25) is 0 Å². The predicted molar refractivity (Wildman–Crippen MR) is 53.4 cm³/mol. The Bertz CT molecular complexity index is 152. The van der Waals surface area contributed by atoms with Gasteiger partial charge in [-0.2, -0.15) is 0 Å². The molecule has 0 saturated carbocycles. The van der Waals surface area contributed by atoms with Crippen molar-refractivity contribution in [2.24, 2.45) is 5.73 Å². The Morgan fingerprint density at radius 2 is 2.33 bits per heavy atom. The Balaban J connectivity index is 3.89. The highest BCUT2D eigenvalue weighted by Crippen LogP contribution is 1.96. The van der Waals surface area contributed by atoms with Gasteiger partial charge in [0.15, 0.2) is 0 Å². The first kappa shape index (κ1) is 11.2. The van der Waals surface area contributed by atoms with Gasteiger partial charge in [-0.25, -0.2) is 5.43 Å². The first-order valence-corrected chi connectivity index (χ1v) is 4.19. The summed E-state index contributed by atoms with van der Waals surface area (Å²) in [5.41, 5.74) is 9.60. The van der Waals surface area contributed by atoms with Gasteiger partial charge in [-0.05, 0) is 25.5 Å². The van der Waals surface area contributed by atoms with Gasteiger partial charge in [0.2, 0.25) is 0 Å². The summed E-state index contributed by atoms with van der Waals surface area (Å²) in [6.45, 7) is 7.34. The second-order valence-electron chi connectivity index (χ2n) is 2.64. The standard InChI is InChI=1S/C9H19N3/c1-4-9(2)8-12(11-3)7-5-6-10/h4,8,11H,1,5-7,10H2,2-3H3/b9-8-. The third kappa shape index (κ3) is 4.93. The van der Waals surface area contributed by atoms with Crippen LogP contribution in [0.5, 0.6) is 0 Å². The fraction of sp³-hybridized carbons (Fsp3) is 0.556. The van der Waals surface area contributed by atoms with Crippen LogP contribution in [0.4, 0.5) is 0 Å². The van der Waals surface area contributed by atoms with Crippen LogP contribution >= 0.6 is 0 Å². The van der Waals surface area contributed by atoms with Crippen LogP contribution in [0.15, 0.2) is 24.4 Å². The van der Waals surface area contributed by atoms with Gasteiger partial charge in [0.25, 0.3) is 0 Å². The Morgan fingerprint density at radius 3 is 2.75 bits per heavy atom. The highest BCUT2D eigenvalue weighted by Gasteiger charge is 1.94. The molecule has 0 amide bonds. The van der Waals surface area contributed by atoms with Crippen LogP contribution in [0.25, 0.3) is 0 Å². The lowest BCUT2D eigenvalue weighted by atomic mass is 10.3. The molecule has 3 heteroatoms. The number of rotatable bonds is 6. The number of nitrogens with two attached hydrogens (primary N) is 1. The normalized spacial score (nSPS) is 11.4. The highest BCUT2D eigenvalue weighted by molar-refractivity contribution is 5.11. The van der Waals surface area contributed by atoms with Gasteiger partial charge < -0.3 is 10.7 Å². The van der Waals surface area contributed by atoms with E-state index in [1.807, 2.05) is 31.3 Å². The van der Waals surface area contributed by atoms with E-state index in [0.29, 0.717) is 0 Å². The van der Waals surface area contributed by atoms with Gasteiger partial charge in [0.1, 0.15) is 0 Å². The van der Waals surface area contributed by atoms with Crippen LogP contribution in [0.1, 0.15) is 13.3 Å². The van der Waals surface area contributed by atoms with E-state index in [1.165, 1.54) is 0 Å². The molecular weight excluding hydrogens is 150 g/mol. The van der Waals surface area contributed by atoms with Crippen LogP contribution < -0.4 is 11.2 Å². The summed E-state index contributed by atoms with van der Waals surface area (Å²) in [6.07, 6.45) is 4.83. The van der Waals surface area contributed by atoms with E-state index in [2.05, 4.69) is 12.0 Å². The van der Waals surface area contributed by atoms with Gasteiger partial charge in [-0.15, -0.1) is 0 Å². The van der Waals surface area contributed by atoms with E-state index < -0.39 is 0 Å². The zero-order valence-electron chi connectivity index (χ0n) is 8.01. The second-order valence-corrected chi connectivity index (χ2v) is 2.64. The molecule has 0 rings (SSSR count). The van der Waals surface area contributed by atoms with Crippen molar-refractivity contribution in [1.29, 1.82) is 0 Å². The lowest BCUT2D eigenvalue weighted by Gasteiger charge is -2.18. The molecule has 0 fully saturated rings. The van der Waals surface area contributed by atoms with Crippen molar-refractivity contribution >= 4 is 0 Å². The summed E-state index contributed by atoms with van der Waals surface area (Å²) >= 11 is 0. The summed E-state index contributed by atoms with van der Waals surface area (Å²) in [7, 11) is 1.89. The first-order chi connectivity index (χ1) is 5.74. The molecule has 3 nitrogen and oxygen atoms in total. The second kappa shape index (κ2) is 6.88. The first-order valence-electron chi connectivity index (χ1n) is 4.19. The molecule has 0 aliphatic rings. The lowest BCUT2D eigenvalue weighted by molar-refractivity contribution is 0.295. The van der Waals surface area contributed by atoms with Crippen molar-refractivity contribution in [3.63, 3.8) is 0 Å². The minimum absolute atomic E-state index is 0.721. The van der Waals surface area contributed by atoms with Crippen LogP contribution in [0.3, 0.4) is 0 Å². The third-order valence-electron chi connectivity index (χ3n) is 1.57. The fourth-order valence-electron chi connectivity index (χ4n) is 0.801. The maximum atomic E-state index is 5.40. The summed E-state index contributed by atoms with van der Waals surface area (Å²) in [5.74, 6) is 0. The van der Waals surface area contributed by atoms with Gasteiger partial charge >= 0.3 is 0 Å². The molecule has 0 heterocycles. The van der Waals surface area contributed by atoms with Gasteiger partial charge in [-0.1, -0.05) is 12.7 Å². The monoisotopic (exact) mass is 169 g/mol. The number of hydrogen-bond acceptors (Lipinski definition) is 3. The van der Waals surface area contributed by atoms with Crippen molar-refractivity contribution in [3.05, 3.63) is 24.4 Å². The lowest BCUT2D eigenvalue weighted by Crippen LogP contribution is -2.32. The van der Waals surface area contributed by atoms with Gasteiger partial charge in [-0.3, -0.25) is 0 Å². The summed E-state index contributed by atoms with van der Waals surface area (Å²) in [5, 5.41) is 2.00. The minimum Gasteiger partial charge on any atom is -0.330 e. The van der Waals surface area contributed by atoms with Gasteiger partial charge in [0.05, 0.1) is 0 Å². The molecule has 0 radical (unpaired) electrons. The van der Waals surface area contributed by atoms with Crippen molar-refractivity contribution in [1.82, 2.24) is 10.4 Å².